The quantitative estimate of drug-likeness (QED) is 0.618. The Bertz CT molecular complexity index is 837. The highest BCUT2D eigenvalue weighted by atomic mass is 35.5. The van der Waals surface area contributed by atoms with Gasteiger partial charge in [-0.2, -0.15) is 8.78 Å². The van der Waals surface area contributed by atoms with E-state index in [0.717, 1.165) is 0 Å². The van der Waals surface area contributed by atoms with Crippen molar-refractivity contribution in [3.63, 3.8) is 0 Å². The van der Waals surface area contributed by atoms with Crippen LogP contribution < -0.4 is 14.8 Å². The summed E-state index contributed by atoms with van der Waals surface area (Å²) >= 11 is 23.4. The number of amides is 1. The number of rotatable bonds is 6. The van der Waals surface area contributed by atoms with Gasteiger partial charge in [0.05, 0.1) is 22.2 Å². The molecule has 0 saturated carbocycles. The number of benzene rings is 1. The second-order valence-electron chi connectivity index (χ2n) is 4.74. The minimum absolute atomic E-state index is 0.0278. The fraction of sp³-hybridized carbons (Fsp3) is 0.200. The zero-order valence-corrected chi connectivity index (χ0v) is 16.0. The Balaban J connectivity index is 2.15. The van der Waals surface area contributed by atoms with E-state index in [4.69, 9.17) is 51.1 Å². The number of aromatic nitrogens is 1. The predicted molar refractivity (Wildman–Crippen MR) is 95.1 cm³/mol. The Hall–Kier alpha value is -1.54. The van der Waals surface area contributed by atoms with Crippen molar-refractivity contribution < 1.29 is 23.0 Å². The van der Waals surface area contributed by atoms with Crippen LogP contribution in [0.1, 0.15) is 16.1 Å². The van der Waals surface area contributed by atoms with E-state index >= 15 is 0 Å². The van der Waals surface area contributed by atoms with Crippen LogP contribution >= 0.6 is 46.4 Å². The summed E-state index contributed by atoms with van der Waals surface area (Å²) in [6.45, 7) is -2.96. The zero-order valence-electron chi connectivity index (χ0n) is 13.0. The van der Waals surface area contributed by atoms with Gasteiger partial charge in [0.1, 0.15) is 10.8 Å². The van der Waals surface area contributed by atoms with Gasteiger partial charge in [0, 0.05) is 6.54 Å². The van der Waals surface area contributed by atoms with Crippen LogP contribution in [0.3, 0.4) is 0 Å². The molecule has 0 aliphatic rings. The van der Waals surface area contributed by atoms with Gasteiger partial charge in [0.2, 0.25) is 0 Å². The molecule has 0 bridgehead atoms. The molecule has 2 aromatic rings. The van der Waals surface area contributed by atoms with Crippen molar-refractivity contribution in [3.05, 3.63) is 49.7 Å². The van der Waals surface area contributed by atoms with Crippen molar-refractivity contribution in [1.82, 2.24) is 10.3 Å². The molecule has 0 unspecified atom stereocenters. The highest BCUT2D eigenvalue weighted by Gasteiger charge is 2.20. The fourth-order valence-electron chi connectivity index (χ4n) is 1.92. The lowest BCUT2D eigenvalue weighted by atomic mass is 10.2. The number of carbonyl (C=O) groups excluding carboxylic acids is 1. The number of carbonyl (C=O) groups is 1. The van der Waals surface area contributed by atoms with Crippen molar-refractivity contribution in [2.45, 2.75) is 13.2 Å². The van der Waals surface area contributed by atoms with Crippen molar-refractivity contribution in [2.24, 2.45) is 0 Å². The molecule has 1 amide bonds. The summed E-state index contributed by atoms with van der Waals surface area (Å²) in [6, 6.07) is 4.22. The van der Waals surface area contributed by atoms with Gasteiger partial charge in [-0.15, -0.1) is 0 Å². The van der Waals surface area contributed by atoms with Crippen LogP contribution in [0, 0.1) is 0 Å². The van der Waals surface area contributed by atoms with Crippen LogP contribution in [-0.2, 0) is 6.54 Å². The third-order valence-electron chi connectivity index (χ3n) is 3.10. The molecule has 0 spiro atoms. The minimum Gasteiger partial charge on any atom is -0.493 e. The van der Waals surface area contributed by atoms with Gasteiger partial charge in [-0.05, 0) is 17.7 Å². The average Bonchev–Trinajstić information content (AvgIpc) is 2.61. The van der Waals surface area contributed by atoms with Crippen LogP contribution in [0.25, 0.3) is 0 Å². The third-order valence-corrected chi connectivity index (χ3v) is 4.77. The Kier molecular flexibility index (Phi) is 7.11. The molecule has 1 heterocycles. The molecule has 11 heteroatoms. The maximum Gasteiger partial charge on any atom is 0.387 e. The van der Waals surface area contributed by atoms with Crippen molar-refractivity contribution in [1.29, 1.82) is 0 Å². The normalized spacial score (nSPS) is 10.8. The van der Waals surface area contributed by atoms with E-state index in [2.05, 4.69) is 15.0 Å². The number of halogens is 6. The Morgan fingerprint density at radius 3 is 2.46 bits per heavy atom. The number of nitrogens with zero attached hydrogens (tertiary/aromatic N) is 1. The highest BCUT2D eigenvalue weighted by Crippen LogP contribution is 2.36. The van der Waals surface area contributed by atoms with Crippen molar-refractivity contribution in [2.75, 3.05) is 7.11 Å². The summed E-state index contributed by atoms with van der Waals surface area (Å²) in [5.41, 5.74) is 0.356. The van der Waals surface area contributed by atoms with Crippen molar-refractivity contribution in [3.8, 4) is 11.5 Å². The van der Waals surface area contributed by atoms with E-state index in [0.29, 0.717) is 5.56 Å². The number of pyridine rings is 1. The van der Waals surface area contributed by atoms with Gasteiger partial charge in [-0.1, -0.05) is 52.5 Å². The Labute approximate surface area is 167 Å². The van der Waals surface area contributed by atoms with E-state index in [-0.39, 0.29) is 44.0 Å². The Morgan fingerprint density at radius 1 is 1.15 bits per heavy atom. The number of hydrogen-bond acceptors (Lipinski definition) is 4. The molecule has 1 aromatic carbocycles. The number of hydrogen-bond donors (Lipinski definition) is 1. The maximum absolute atomic E-state index is 12.3. The fourth-order valence-corrected chi connectivity index (χ4v) is 2.73. The number of ether oxygens (including phenoxy) is 2. The summed E-state index contributed by atoms with van der Waals surface area (Å²) in [6.07, 6.45) is 0. The summed E-state index contributed by atoms with van der Waals surface area (Å²) in [5.74, 6) is -0.688. The minimum atomic E-state index is -2.98. The molecule has 0 aliphatic heterocycles. The number of alkyl halides is 2. The predicted octanol–water partition coefficient (Wildman–Crippen LogP) is 5.24. The molecular weight excluding hydrogens is 436 g/mol. The van der Waals surface area contributed by atoms with Crippen molar-refractivity contribution >= 4 is 52.3 Å². The first-order valence-corrected chi connectivity index (χ1v) is 8.35. The van der Waals surface area contributed by atoms with Gasteiger partial charge in [0.25, 0.3) is 5.91 Å². The standard InChI is InChI=1S/C15H10Cl4F2N2O3/c1-25-8-4-6(2-3-7(8)26-15(20)21)5-22-14(24)12-10(17)9(16)11(18)13(19)23-12/h2-4,15H,5H2,1H3,(H,22,24). The monoisotopic (exact) mass is 444 g/mol. The van der Waals surface area contributed by atoms with Gasteiger partial charge >= 0.3 is 6.61 Å². The van der Waals surface area contributed by atoms with Crippen LogP contribution in [-0.4, -0.2) is 24.6 Å². The second kappa shape index (κ2) is 8.90. The van der Waals surface area contributed by atoms with Crippen LogP contribution in [0.4, 0.5) is 8.78 Å². The molecule has 0 aliphatic carbocycles. The van der Waals surface area contributed by atoms with Gasteiger partial charge in [0.15, 0.2) is 11.5 Å². The first-order valence-electron chi connectivity index (χ1n) is 6.84. The summed E-state index contributed by atoms with van der Waals surface area (Å²) in [4.78, 5) is 16.1. The summed E-state index contributed by atoms with van der Waals surface area (Å²) < 4.78 is 34.0. The number of nitrogens with one attached hydrogen (secondary N) is 1. The molecule has 0 radical (unpaired) electrons. The summed E-state index contributed by atoms with van der Waals surface area (Å²) in [5, 5.41) is 2.09. The highest BCUT2D eigenvalue weighted by molar-refractivity contribution is 6.52. The average molecular weight is 446 g/mol. The molecule has 1 N–H and O–H groups in total. The summed E-state index contributed by atoms with van der Waals surface area (Å²) in [7, 11) is 1.30. The first-order chi connectivity index (χ1) is 12.2. The zero-order chi connectivity index (χ0) is 19.4. The van der Waals surface area contributed by atoms with E-state index < -0.39 is 12.5 Å². The number of methoxy groups -OCH3 is 1. The first kappa shape index (κ1) is 20.8. The topological polar surface area (TPSA) is 60.5 Å². The molecular formula is C15H10Cl4F2N2O3. The van der Waals surface area contributed by atoms with Gasteiger partial charge < -0.3 is 14.8 Å². The molecule has 140 valence electrons. The molecule has 0 saturated heterocycles. The van der Waals surface area contributed by atoms with E-state index in [9.17, 15) is 13.6 Å². The lowest BCUT2D eigenvalue weighted by Gasteiger charge is -2.12. The molecule has 1 aromatic heterocycles. The lowest BCUT2D eigenvalue weighted by molar-refractivity contribution is -0.0512. The van der Waals surface area contributed by atoms with E-state index in [1.807, 2.05) is 0 Å². The van der Waals surface area contributed by atoms with Gasteiger partial charge in [-0.25, -0.2) is 4.98 Å². The molecule has 5 nitrogen and oxygen atoms in total. The van der Waals surface area contributed by atoms with Crippen LogP contribution in [0.5, 0.6) is 11.5 Å². The lowest BCUT2D eigenvalue weighted by Crippen LogP contribution is -2.24. The van der Waals surface area contributed by atoms with Gasteiger partial charge in [-0.3, -0.25) is 4.79 Å². The maximum atomic E-state index is 12.3. The van der Waals surface area contributed by atoms with E-state index in [1.165, 1.54) is 25.3 Å². The second-order valence-corrected chi connectivity index (χ2v) is 6.23. The molecule has 0 atom stereocenters. The smallest absolute Gasteiger partial charge is 0.387 e. The Morgan fingerprint density at radius 2 is 1.85 bits per heavy atom. The molecule has 0 fully saturated rings. The van der Waals surface area contributed by atoms with E-state index in [1.54, 1.807) is 0 Å². The van der Waals surface area contributed by atoms with Crippen LogP contribution in [0.15, 0.2) is 18.2 Å². The molecule has 2 rings (SSSR count). The largest absolute Gasteiger partial charge is 0.493 e. The molecule has 26 heavy (non-hydrogen) atoms. The van der Waals surface area contributed by atoms with Crippen LogP contribution in [0.2, 0.25) is 20.2 Å². The third kappa shape index (κ3) is 4.79. The SMILES string of the molecule is COc1cc(CNC(=O)c2nc(Cl)c(Cl)c(Cl)c2Cl)ccc1OC(F)F.